The van der Waals surface area contributed by atoms with E-state index in [0.29, 0.717) is 29.7 Å². The van der Waals surface area contributed by atoms with Gasteiger partial charge in [-0.1, -0.05) is 23.7 Å². The van der Waals surface area contributed by atoms with Gasteiger partial charge in [0, 0.05) is 12.1 Å². The minimum absolute atomic E-state index is 0.144. The van der Waals surface area contributed by atoms with Gasteiger partial charge < -0.3 is 19.1 Å². The summed E-state index contributed by atoms with van der Waals surface area (Å²) in [7, 11) is 1.74. The Morgan fingerprint density at radius 2 is 1.85 bits per heavy atom. The fraction of sp³-hybridized carbons (Fsp3) is 0.350. The minimum atomic E-state index is -1.02. The summed E-state index contributed by atoms with van der Waals surface area (Å²) in [6, 6.07) is 14.5. The van der Waals surface area contributed by atoms with Gasteiger partial charge in [-0.3, -0.25) is 4.79 Å². The molecule has 3 rings (SSSR count). The number of amides is 1. The molecule has 1 heterocycles. The molecule has 0 fully saturated rings. The number of likely N-dealkylation sites (N-methyl/N-ethyl adjacent to an activating group) is 1. The van der Waals surface area contributed by atoms with Gasteiger partial charge in [0.15, 0.2) is 23.2 Å². The van der Waals surface area contributed by atoms with Gasteiger partial charge in [-0.2, -0.15) is 0 Å². The van der Waals surface area contributed by atoms with Crippen LogP contribution >= 0.6 is 11.6 Å². The van der Waals surface area contributed by atoms with Crippen LogP contribution in [-0.2, 0) is 4.79 Å². The van der Waals surface area contributed by atoms with E-state index in [-0.39, 0.29) is 12.0 Å². The first-order chi connectivity index (χ1) is 12.3. The van der Waals surface area contributed by atoms with Crippen LogP contribution in [0, 0.1) is 0 Å². The van der Waals surface area contributed by atoms with E-state index in [9.17, 15) is 4.79 Å². The molecule has 26 heavy (non-hydrogen) atoms. The summed E-state index contributed by atoms with van der Waals surface area (Å²) in [5.74, 6) is 1.87. The van der Waals surface area contributed by atoms with Crippen LogP contribution in [0.3, 0.4) is 0 Å². The van der Waals surface area contributed by atoms with Gasteiger partial charge in [0.05, 0.1) is 6.54 Å². The van der Waals surface area contributed by atoms with Crippen molar-refractivity contribution in [2.75, 3.05) is 20.2 Å². The monoisotopic (exact) mass is 375 g/mol. The van der Waals surface area contributed by atoms with Gasteiger partial charge >= 0.3 is 0 Å². The zero-order valence-corrected chi connectivity index (χ0v) is 15.8. The Bertz CT molecular complexity index is 776. The van der Waals surface area contributed by atoms with E-state index in [4.69, 9.17) is 25.8 Å². The lowest BCUT2D eigenvalue weighted by molar-refractivity contribution is -0.145. The number of fused-ring (bicyclic) bond motifs is 1. The van der Waals surface area contributed by atoms with Crippen molar-refractivity contribution in [1.82, 2.24) is 4.90 Å². The van der Waals surface area contributed by atoms with Gasteiger partial charge in [0.2, 0.25) is 0 Å². The van der Waals surface area contributed by atoms with Crippen LogP contribution in [0.2, 0.25) is 5.02 Å². The van der Waals surface area contributed by atoms with Crippen LogP contribution in [0.25, 0.3) is 0 Å². The summed E-state index contributed by atoms with van der Waals surface area (Å²) in [6.07, 6.45) is -0.231. The average molecular weight is 376 g/mol. The molecule has 0 saturated carbocycles. The third-order valence-corrected chi connectivity index (χ3v) is 4.35. The fourth-order valence-electron chi connectivity index (χ4n) is 2.84. The molecule has 5 nitrogen and oxygen atoms in total. The molecule has 6 heteroatoms. The van der Waals surface area contributed by atoms with E-state index in [1.165, 1.54) is 0 Å². The average Bonchev–Trinajstić information content (AvgIpc) is 2.62. The van der Waals surface area contributed by atoms with E-state index in [2.05, 4.69) is 0 Å². The van der Waals surface area contributed by atoms with E-state index in [1.54, 1.807) is 50.1 Å². The molecule has 1 atom stereocenters. The molecule has 0 spiro atoms. The molecule has 1 aliphatic rings. The lowest BCUT2D eigenvalue weighted by Gasteiger charge is -2.33. The number of halogens is 1. The maximum atomic E-state index is 12.8. The molecule has 2 aromatic rings. The SMILES string of the molecule is CN(CC1COc2ccccc2O1)C(=O)C(C)(C)Oc1ccc(Cl)cc1. The minimum Gasteiger partial charge on any atom is -0.486 e. The van der Waals surface area contributed by atoms with Gasteiger partial charge in [0.25, 0.3) is 5.91 Å². The number of hydrogen-bond acceptors (Lipinski definition) is 4. The van der Waals surface area contributed by atoms with Gasteiger partial charge in [0.1, 0.15) is 12.4 Å². The number of carbonyl (C=O) groups excluding carboxylic acids is 1. The molecule has 2 aromatic carbocycles. The summed E-state index contributed by atoms with van der Waals surface area (Å²) >= 11 is 5.88. The number of carbonyl (C=O) groups is 1. The molecule has 0 aliphatic carbocycles. The maximum Gasteiger partial charge on any atom is 0.266 e. The Morgan fingerprint density at radius 3 is 2.54 bits per heavy atom. The van der Waals surface area contributed by atoms with E-state index in [0.717, 1.165) is 5.75 Å². The van der Waals surface area contributed by atoms with Gasteiger partial charge in [-0.05, 0) is 50.2 Å². The van der Waals surface area contributed by atoms with Gasteiger partial charge in [-0.25, -0.2) is 0 Å². The molecule has 0 radical (unpaired) electrons. The normalized spacial score (nSPS) is 16.1. The molecule has 1 unspecified atom stereocenters. The van der Waals surface area contributed by atoms with Crippen LogP contribution < -0.4 is 14.2 Å². The van der Waals surface area contributed by atoms with Crippen molar-refractivity contribution < 1.29 is 19.0 Å². The first-order valence-electron chi connectivity index (χ1n) is 8.44. The van der Waals surface area contributed by atoms with Crippen molar-refractivity contribution in [2.45, 2.75) is 25.6 Å². The third-order valence-electron chi connectivity index (χ3n) is 4.09. The maximum absolute atomic E-state index is 12.8. The van der Waals surface area contributed by atoms with E-state index >= 15 is 0 Å². The Balaban J connectivity index is 1.61. The van der Waals surface area contributed by atoms with Crippen molar-refractivity contribution in [1.29, 1.82) is 0 Å². The molecule has 0 aromatic heterocycles. The largest absolute Gasteiger partial charge is 0.486 e. The second kappa shape index (κ2) is 7.46. The standard InChI is InChI=1S/C20H22ClNO4/c1-20(2,26-15-10-8-14(21)9-11-15)19(23)22(3)12-16-13-24-17-6-4-5-7-18(17)25-16/h4-11,16H,12-13H2,1-3H3. The lowest BCUT2D eigenvalue weighted by atomic mass is 10.1. The fourth-order valence-corrected chi connectivity index (χ4v) is 2.97. The predicted molar refractivity (Wildman–Crippen MR) is 100 cm³/mol. The van der Waals surface area contributed by atoms with Crippen LogP contribution in [0.1, 0.15) is 13.8 Å². The summed E-state index contributed by atoms with van der Waals surface area (Å²) in [6.45, 7) is 4.29. The highest BCUT2D eigenvalue weighted by molar-refractivity contribution is 6.30. The molecule has 0 bridgehead atoms. The third kappa shape index (κ3) is 4.22. The Morgan fingerprint density at radius 1 is 1.19 bits per heavy atom. The topological polar surface area (TPSA) is 48.0 Å². The number of ether oxygens (including phenoxy) is 3. The van der Waals surface area contributed by atoms with Crippen LogP contribution in [-0.4, -0.2) is 42.7 Å². The van der Waals surface area contributed by atoms with Crippen LogP contribution in [0.5, 0.6) is 17.2 Å². The Hall–Kier alpha value is -2.40. The first-order valence-corrected chi connectivity index (χ1v) is 8.81. The smallest absolute Gasteiger partial charge is 0.266 e. The molecular formula is C20H22ClNO4. The van der Waals surface area contributed by atoms with Crippen molar-refractivity contribution in [2.24, 2.45) is 0 Å². The number of rotatable bonds is 5. The van der Waals surface area contributed by atoms with E-state index < -0.39 is 5.60 Å². The number of nitrogens with zero attached hydrogens (tertiary/aromatic N) is 1. The molecule has 1 aliphatic heterocycles. The summed E-state index contributed by atoms with van der Waals surface area (Å²) < 4.78 is 17.5. The van der Waals surface area contributed by atoms with Crippen LogP contribution in [0.4, 0.5) is 0 Å². The Labute approximate surface area is 158 Å². The zero-order valence-electron chi connectivity index (χ0n) is 15.1. The van der Waals surface area contributed by atoms with Crippen molar-refractivity contribution in [3.8, 4) is 17.2 Å². The second-order valence-corrected chi connectivity index (χ2v) is 7.19. The molecule has 0 saturated heterocycles. The zero-order chi connectivity index (χ0) is 18.7. The van der Waals surface area contributed by atoms with Gasteiger partial charge in [-0.15, -0.1) is 0 Å². The van der Waals surface area contributed by atoms with Crippen molar-refractivity contribution in [3.05, 3.63) is 53.6 Å². The van der Waals surface area contributed by atoms with Crippen molar-refractivity contribution >= 4 is 17.5 Å². The Kier molecular flexibility index (Phi) is 5.28. The lowest BCUT2D eigenvalue weighted by Crippen LogP contribution is -2.51. The highest BCUT2D eigenvalue weighted by Crippen LogP contribution is 2.31. The van der Waals surface area contributed by atoms with Crippen LogP contribution in [0.15, 0.2) is 48.5 Å². The summed E-state index contributed by atoms with van der Waals surface area (Å²) in [5.41, 5.74) is -1.02. The number of para-hydroxylation sites is 2. The second-order valence-electron chi connectivity index (χ2n) is 6.75. The summed E-state index contributed by atoms with van der Waals surface area (Å²) in [4.78, 5) is 14.4. The van der Waals surface area contributed by atoms with E-state index in [1.807, 2.05) is 24.3 Å². The number of hydrogen-bond donors (Lipinski definition) is 0. The summed E-state index contributed by atoms with van der Waals surface area (Å²) in [5, 5.41) is 0.619. The predicted octanol–water partition coefficient (Wildman–Crippen LogP) is 3.80. The quantitative estimate of drug-likeness (QED) is 0.797. The highest BCUT2D eigenvalue weighted by Gasteiger charge is 2.34. The molecule has 1 amide bonds. The molecular weight excluding hydrogens is 354 g/mol. The number of benzene rings is 2. The molecule has 138 valence electrons. The highest BCUT2D eigenvalue weighted by atomic mass is 35.5. The molecule has 0 N–H and O–H groups in total. The van der Waals surface area contributed by atoms with Crippen molar-refractivity contribution in [3.63, 3.8) is 0 Å². The first kappa shape index (κ1) is 18.4.